The van der Waals surface area contributed by atoms with E-state index in [1.807, 2.05) is 54.6 Å². The van der Waals surface area contributed by atoms with Crippen LogP contribution in [-0.2, 0) is 0 Å². The van der Waals surface area contributed by atoms with Crippen LogP contribution >= 0.6 is 11.6 Å². The fourth-order valence-electron chi connectivity index (χ4n) is 1.72. The standard InChI is InChI=1S/C13H13ClN2/c14-12-8-4-7-11(9-12)13(16-15)10-5-2-1-3-6-10/h1-9,13,16H,15H2. The molecule has 3 heteroatoms. The molecule has 1 atom stereocenters. The molecule has 0 aliphatic carbocycles. The highest BCUT2D eigenvalue weighted by molar-refractivity contribution is 6.30. The predicted molar refractivity (Wildman–Crippen MR) is 67.1 cm³/mol. The maximum atomic E-state index is 5.96. The molecule has 0 spiro atoms. The van der Waals surface area contributed by atoms with Gasteiger partial charge >= 0.3 is 0 Å². The quantitative estimate of drug-likeness (QED) is 0.631. The Morgan fingerprint density at radius 3 is 2.25 bits per heavy atom. The lowest BCUT2D eigenvalue weighted by atomic mass is 9.99. The molecule has 2 aromatic rings. The van der Waals surface area contributed by atoms with Gasteiger partial charge in [0.2, 0.25) is 0 Å². The van der Waals surface area contributed by atoms with Gasteiger partial charge in [-0.2, -0.15) is 0 Å². The molecule has 16 heavy (non-hydrogen) atoms. The molecule has 0 aliphatic rings. The lowest BCUT2D eigenvalue weighted by molar-refractivity contribution is 0.637. The first-order valence-electron chi connectivity index (χ1n) is 5.08. The van der Waals surface area contributed by atoms with Gasteiger partial charge in [-0.1, -0.05) is 54.1 Å². The number of nitrogens with two attached hydrogens (primary N) is 1. The van der Waals surface area contributed by atoms with Gasteiger partial charge in [-0.3, -0.25) is 5.84 Å². The monoisotopic (exact) mass is 232 g/mol. The molecule has 0 bridgehead atoms. The van der Waals surface area contributed by atoms with Gasteiger partial charge < -0.3 is 0 Å². The molecule has 1 unspecified atom stereocenters. The molecule has 0 aromatic heterocycles. The lowest BCUT2D eigenvalue weighted by Crippen LogP contribution is -2.28. The maximum Gasteiger partial charge on any atom is 0.0710 e. The van der Waals surface area contributed by atoms with Crippen LogP contribution < -0.4 is 11.3 Å². The predicted octanol–water partition coefficient (Wildman–Crippen LogP) is 2.89. The molecule has 2 aromatic carbocycles. The summed E-state index contributed by atoms with van der Waals surface area (Å²) < 4.78 is 0. The SMILES string of the molecule is NNC(c1ccccc1)c1cccc(Cl)c1. The first-order valence-corrected chi connectivity index (χ1v) is 5.45. The van der Waals surface area contributed by atoms with Crippen molar-refractivity contribution in [2.75, 3.05) is 0 Å². The van der Waals surface area contributed by atoms with E-state index in [-0.39, 0.29) is 6.04 Å². The van der Waals surface area contributed by atoms with Crippen molar-refractivity contribution in [1.29, 1.82) is 0 Å². The van der Waals surface area contributed by atoms with Crippen molar-refractivity contribution < 1.29 is 0 Å². The fraction of sp³-hybridized carbons (Fsp3) is 0.0769. The summed E-state index contributed by atoms with van der Waals surface area (Å²) in [6.07, 6.45) is 0. The molecule has 82 valence electrons. The van der Waals surface area contributed by atoms with Crippen LogP contribution in [-0.4, -0.2) is 0 Å². The lowest BCUT2D eigenvalue weighted by Gasteiger charge is -2.16. The highest BCUT2D eigenvalue weighted by Crippen LogP contribution is 2.23. The van der Waals surface area contributed by atoms with E-state index in [4.69, 9.17) is 17.4 Å². The minimum atomic E-state index is -0.0279. The normalized spacial score (nSPS) is 12.4. The summed E-state index contributed by atoms with van der Waals surface area (Å²) in [5, 5.41) is 0.716. The molecule has 0 saturated heterocycles. The second kappa shape index (κ2) is 5.12. The summed E-state index contributed by atoms with van der Waals surface area (Å²) in [5.74, 6) is 5.59. The molecule has 0 fully saturated rings. The summed E-state index contributed by atoms with van der Waals surface area (Å²) in [7, 11) is 0. The third-order valence-corrected chi connectivity index (χ3v) is 2.72. The highest BCUT2D eigenvalue weighted by Gasteiger charge is 2.11. The third kappa shape index (κ3) is 2.42. The molecule has 0 amide bonds. The van der Waals surface area contributed by atoms with E-state index in [0.29, 0.717) is 5.02 Å². The van der Waals surface area contributed by atoms with E-state index in [0.717, 1.165) is 11.1 Å². The first kappa shape index (κ1) is 11.1. The van der Waals surface area contributed by atoms with Crippen LogP contribution in [0.15, 0.2) is 54.6 Å². The van der Waals surface area contributed by atoms with Crippen molar-refractivity contribution in [2.24, 2.45) is 5.84 Å². The number of rotatable bonds is 3. The third-order valence-electron chi connectivity index (χ3n) is 2.48. The summed E-state index contributed by atoms with van der Waals surface area (Å²) in [6, 6.07) is 17.7. The molecular formula is C13H13ClN2. The Labute approximate surface area is 100 Å². The zero-order valence-electron chi connectivity index (χ0n) is 8.73. The van der Waals surface area contributed by atoms with Crippen molar-refractivity contribution in [2.45, 2.75) is 6.04 Å². The summed E-state index contributed by atoms with van der Waals surface area (Å²) in [5.41, 5.74) is 4.98. The van der Waals surface area contributed by atoms with Crippen LogP contribution in [0.5, 0.6) is 0 Å². The van der Waals surface area contributed by atoms with E-state index in [1.165, 1.54) is 0 Å². The summed E-state index contributed by atoms with van der Waals surface area (Å²) >= 11 is 5.96. The Kier molecular flexibility index (Phi) is 3.57. The van der Waals surface area contributed by atoms with Crippen LogP contribution in [0.4, 0.5) is 0 Å². The molecule has 0 aliphatic heterocycles. The van der Waals surface area contributed by atoms with Crippen molar-refractivity contribution in [3.8, 4) is 0 Å². The summed E-state index contributed by atoms with van der Waals surface area (Å²) in [6.45, 7) is 0. The molecule has 2 rings (SSSR count). The van der Waals surface area contributed by atoms with E-state index >= 15 is 0 Å². The number of hydrogen-bond donors (Lipinski definition) is 2. The van der Waals surface area contributed by atoms with E-state index < -0.39 is 0 Å². The van der Waals surface area contributed by atoms with Crippen LogP contribution in [0.1, 0.15) is 17.2 Å². The molecule has 3 N–H and O–H groups in total. The topological polar surface area (TPSA) is 38.0 Å². The number of hydrogen-bond acceptors (Lipinski definition) is 2. The average Bonchev–Trinajstić information content (AvgIpc) is 2.31. The highest BCUT2D eigenvalue weighted by atomic mass is 35.5. The van der Waals surface area contributed by atoms with Gasteiger partial charge in [-0.15, -0.1) is 0 Å². The Morgan fingerprint density at radius 1 is 0.938 bits per heavy atom. The van der Waals surface area contributed by atoms with E-state index in [2.05, 4.69) is 5.43 Å². The van der Waals surface area contributed by atoms with Gasteiger partial charge in [0.05, 0.1) is 6.04 Å². The van der Waals surface area contributed by atoms with Crippen LogP contribution in [0, 0.1) is 0 Å². The Morgan fingerprint density at radius 2 is 1.62 bits per heavy atom. The van der Waals surface area contributed by atoms with Crippen LogP contribution in [0.3, 0.4) is 0 Å². The van der Waals surface area contributed by atoms with E-state index in [9.17, 15) is 0 Å². The van der Waals surface area contributed by atoms with Crippen molar-refractivity contribution in [3.05, 3.63) is 70.7 Å². The van der Waals surface area contributed by atoms with Crippen LogP contribution in [0.2, 0.25) is 5.02 Å². The molecule has 0 saturated carbocycles. The fourth-order valence-corrected chi connectivity index (χ4v) is 1.92. The van der Waals surface area contributed by atoms with Gasteiger partial charge in [0.15, 0.2) is 0 Å². The van der Waals surface area contributed by atoms with Crippen molar-refractivity contribution in [1.82, 2.24) is 5.43 Å². The number of nitrogens with one attached hydrogen (secondary N) is 1. The minimum absolute atomic E-state index is 0.0279. The number of hydrazine groups is 1. The Bertz CT molecular complexity index is 456. The average molecular weight is 233 g/mol. The van der Waals surface area contributed by atoms with Gasteiger partial charge in [-0.25, -0.2) is 5.43 Å². The molecule has 0 radical (unpaired) electrons. The van der Waals surface area contributed by atoms with Gasteiger partial charge in [0.25, 0.3) is 0 Å². The van der Waals surface area contributed by atoms with Gasteiger partial charge in [0, 0.05) is 5.02 Å². The zero-order chi connectivity index (χ0) is 11.4. The smallest absolute Gasteiger partial charge is 0.0710 e. The molecule has 0 heterocycles. The van der Waals surface area contributed by atoms with E-state index in [1.54, 1.807) is 0 Å². The molecular weight excluding hydrogens is 220 g/mol. The largest absolute Gasteiger partial charge is 0.271 e. The summed E-state index contributed by atoms with van der Waals surface area (Å²) in [4.78, 5) is 0. The number of halogens is 1. The van der Waals surface area contributed by atoms with Crippen molar-refractivity contribution >= 4 is 11.6 Å². The minimum Gasteiger partial charge on any atom is -0.271 e. The maximum absolute atomic E-state index is 5.96. The van der Waals surface area contributed by atoms with Crippen molar-refractivity contribution in [3.63, 3.8) is 0 Å². The van der Waals surface area contributed by atoms with Crippen LogP contribution in [0.25, 0.3) is 0 Å². The number of benzene rings is 2. The van der Waals surface area contributed by atoms with Gasteiger partial charge in [0.1, 0.15) is 0 Å². The second-order valence-corrected chi connectivity index (χ2v) is 4.00. The Balaban J connectivity index is 2.37. The molecule has 2 nitrogen and oxygen atoms in total. The van der Waals surface area contributed by atoms with Gasteiger partial charge in [-0.05, 0) is 23.3 Å². The second-order valence-electron chi connectivity index (χ2n) is 3.57. The Hall–Kier alpha value is -1.35. The first-order chi connectivity index (χ1) is 7.81. The zero-order valence-corrected chi connectivity index (χ0v) is 9.48.